The summed E-state index contributed by atoms with van der Waals surface area (Å²) in [7, 11) is 0. The molecule has 1 heterocycles. The number of aromatic nitrogens is 2. The summed E-state index contributed by atoms with van der Waals surface area (Å²) in [4.78, 5) is 0. The van der Waals surface area contributed by atoms with Crippen molar-refractivity contribution in [1.29, 1.82) is 0 Å². The van der Waals surface area contributed by atoms with Crippen LogP contribution in [-0.2, 0) is 0 Å². The topological polar surface area (TPSA) is 25.8 Å². The molecule has 1 saturated carbocycles. The molecule has 0 aliphatic heterocycles. The van der Waals surface area contributed by atoms with E-state index in [1.807, 2.05) is 6.07 Å². The van der Waals surface area contributed by atoms with Crippen LogP contribution < -0.4 is 0 Å². The second kappa shape index (κ2) is 2.89. The zero-order valence-electron chi connectivity index (χ0n) is 6.13. The third kappa shape index (κ3) is 1.43. The Morgan fingerprint density at radius 2 is 2.09 bits per heavy atom. The largest absolute Gasteiger partial charge is 0.154 e. The minimum atomic E-state index is 0.690. The highest BCUT2D eigenvalue weighted by Crippen LogP contribution is 2.34. The van der Waals surface area contributed by atoms with Crippen LogP contribution in [0.25, 0.3) is 0 Å². The van der Waals surface area contributed by atoms with E-state index in [4.69, 9.17) is 0 Å². The average Bonchev–Trinajstić information content (AvgIpc) is 1.90. The van der Waals surface area contributed by atoms with Crippen molar-refractivity contribution in [2.45, 2.75) is 25.2 Å². The number of hydrogen-bond donors (Lipinski definition) is 0. The molecule has 2 rings (SSSR count). The van der Waals surface area contributed by atoms with Gasteiger partial charge in [-0.05, 0) is 40.9 Å². The first-order chi connectivity index (χ1) is 5.36. The molecule has 3 heteroatoms. The maximum Gasteiger partial charge on any atom is 0.128 e. The van der Waals surface area contributed by atoms with E-state index in [0.717, 1.165) is 10.3 Å². The minimum absolute atomic E-state index is 0.690. The van der Waals surface area contributed by atoms with Gasteiger partial charge in [-0.2, -0.15) is 5.10 Å². The monoisotopic (exact) mass is 212 g/mol. The predicted molar refractivity (Wildman–Crippen MR) is 46.3 cm³/mol. The van der Waals surface area contributed by atoms with E-state index in [2.05, 4.69) is 32.2 Å². The molecule has 0 aromatic carbocycles. The lowest BCUT2D eigenvalue weighted by Gasteiger charge is -2.23. The van der Waals surface area contributed by atoms with Gasteiger partial charge >= 0.3 is 0 Å². The van der Waals surface area contributed by atoms with E-state index < -0.39 is 0 Å². The summed E-state index contributed by atoms with van der Waals surface area (Å²) in [6, 6.07) is 4.02. The summed E-state index contributed by atoms with van der Waals surface area (Å²) < 4.78 is 0.820. The molecule has 2 nitrogen and oxygen atoms in total. The van der Waals surface area contributed by atoms with Crippen molar-refractivity contribution in [3.05, 3.63) is 22.4 Å². The van der Waals surface area contributed by atoms with Gasteiger partial charge in [0.1, 0.15) is 4.60 Å². The molecule has 0 N–H and O–H groups in total. The van der Waals surface area contributed by atoms with Gasteiger partial charge in [-0.15, -0.1) is 5.10 Å². The normalized spacial score (nSPS) is 17.9. The smallest absolute Gasteiger partial charge is 0.128 e. The first kappa shape index (κ1) is 7.22. The van der Waals surface area contributed by atoms with Crippen LogP contribution in [0, 0.1) is 0 Å². The van der Waals surface area contributed by atoms with E-state index in [1.165, 1.54) is 19.3 Å². The van der Waals surface area contributed by atoms with Crippen molar-refractivity contribution in [3.8, 4) is 0 Å². The number of nitrogens with zero attached hydrogens (tertiary/aromatic N) is 2. The Morgan fingerprint density at radius 1 is 1.27 bits per heavy atom. The van der Waals surface area contributed by atoms with Crippen molar-refractivity contribution in [3.63, 3.8) is 0 Å². The van der Waals surface area contributed by atoms with E-state index in [-0.39, 0.29) is 0 Å². The zero-order valence-corrected chi connectivity index (χ0v) is 7.71. The highest BCUT2D eigenvalue weighted by Gasteiger charge is 2.20. The Kier molecular flexibility index (Phi) is 1.90. The SMILES string of the molecule is Brc1ccc(C2CCC2)nn1. The molecule has 11 heavy (non-hydrogen) atoms. The van der Waals surface area contributed by atoms with Crippen molar-refractivity contribution < 1.29 is 0 Å². The fraction of sp³-hybridized carbons (Fsp3) is 0.500. The van der Waals surface area contributed by atoms with Crippen LogP contribution in [-0.4, -0.2) is 10.2 Å². The Morgan fingerprint density at radius 3 is 2.55 bits per heavy atom. The summed E-state index contributed by atoms with van der Waals surface area (Å²) >= 11 is 3.26. The van der Waals surface area contributed by atoms with Crippen LogP contribution in [0.3, 0.4) is 0 Å². The van der Waals surface area contributed by atoms with E-state index in [1.54, 1.807) is 0 Å². The van der Waals surface area contributed by atoms with Gasteiger partial charge in [-0.1, -0.05) is 6.42 Å². The van der Waals surface area contributed by atoms with Crippen LogP contribution >= 0.6 is 15.9 Å². The molecule has 0 unspecified atom stereocenters. The van der Waals surface area contributed by atoms with Crippen LogP contribution in [0.5, 0.6) is 0 Å². The molecular formula is C8H9BrN2. The van der Waals surface area contributed by atoms with Crippen molar-refractivity contribution in [1.82, 2.24) is 10.2 Å². The fourth-order valence-electron chi connectivity index (χ4n) is 1.25. The highest BCUT2D eigenvalue weighted by atomic mass is 79.9. The molecule has 1 aliphatic rings. The number of halogens is 1. The van der Waals surface area contributed by atoms with Gasteiger partial charge in [0.05, 0.1) is 5.69 Å². The quantitative estimate of drug-likeness (QED) is 0.716. The van der Waals surface area contributed by atoms with Crippen molar-refractivity contribution in [2.75, 3.05) is 0 Å². The minimum Gasteiger partial charge on any atom is -0.154 e. The number of rotatable bonds is 1. The molecule has 0 saturated heterocycles. The van der Waals surface area contributed by atoms with Gasteiger partial charge < -0.3 is 0 Å². The molecule has 1 fully saturated rings. The fourth-order valence-corrected chi connectivity index (χ4v) is 1.46. The Bertz CT molecular complexity index is 241. The molecule has 0 atom stereocenters. The maximum absolute atomic E-state index is 4.10. The maximum atomic E-state index is 4.10. The first-order valence-electron chi connectivity index (χ1n) is 3.85. The summed E-state index contributed by atoms with van der Waals surface area (Å²) in [6.07, 6.45) is 3.93. The standard InChI is InChI=1S/C8H9BrN2/c9-8-5-4-7(10-11-8)6-2-1-3-6/h4-6H,1-3H2. The summed E-state index contributed by atoms with van der Waals surface area (Å²) in [5, 5.41) is 8.05. The number of hydrogen-bond acceptors (Lipinski definition) is 2. The van der Waals surface area contributed by atoms with Gasteiger partial charge in [-0.3, -0.25) is 0 Å². The van der Waals surface area contributed by atoms with Crippen molar-refractivity contribution >= 4 is 15.9 Å². The van der Waals surface area contributed by atoms with Gasteiger partial charge in [0, 0.05) is 5.92 Å². The van der Waals surface area contributed by atoms with E-state index in [0.29, 0.717) is 5.92 Å². The summed E-state index contributed by atoms with van der Waals surface area (Å²) in [6.45, 7) is 0. The van der Waals surface area contributed by atoms with Gasteiger partial charge in [0.25, 0.3) is 0 Å². The Balaban J connectivity index is 2.18. The predicted octanol–water partition coefficient (Wildman–Crippen LogP) is 2.51. The molecule has 1 aromatic heterocycles. The Labute approximate surface area is 74.2 Å². The average molecular weight is 213 g/mol. The molecule has 0 amide bonds. The first-order valence-corrected chi connectivity index (χ1v) is 4.65. The van der Waals surface area contributed by atoms with Crippen LogP contribution in [0.15, 0.2) is 16.7 Å². The molecule has 58 valence electrons. The zero-order chi connectivity index (χ0) is 7.68. The Hall–Kier alpha value is -0.440. The lowest BCUT2D eigenvalue weighted by Crippen LogP contribution is -2.10. The summed E-state index contributed by atoms with van der Waals surface area (Å²) in [5.41, 5.74) is 1.15. The lowest BCUT2D eigenvalue weighted by molar-refractivity contribution is 0.407. The van der Waals surface area contributed by atoms with Crippen LogP contribution in [0.2, 0.25) is 0 Å². The second-order valence-electron chi connectivity index (χ2n) is 2.91. The molecule has 1 aliphatic carbocycles. The van der Waals surface area contributed by atoms with Gasteiger partial charge in [-0.25, -0.2) is 0 Å². The molecule has 0 bridgehead atoms. The molecule has 1 aromatic rings. The highest BCUT2D eigenvalue weighted by molar-refractivity contribution is 9.10. The third-order valence-corrected chi connectivity index (χ3v) is 2.60. The lowest BCUT2D eigenvalue weighted by atomic mass is 9.83. The molecule has 0 radical (unpaired) electrons. The molecular weight excluding hydrogens is 204 g/mol. The summed E-state index contributed by atoms with van der Waals surface area (Å²) in [5.74, 6) is 0.690. The molecule has 0 spiro atoms. The van der Waals surface area contributed by atoms with Crippen LogP contribution in [0.1, 0.15) is 30.9 Å². The van der Waals surface area contributed by atoms with Crippen molar-refractivity contribution in [2.24, 2.45) is 0 Å². The van der Waals surface area contributed by atoms with Gasteiger partial charge in [0.15, 0.2) is 0 Å². The van der Waals surface area contributed by atoms with E-state index >= 15 is 0 Å². The van der Waals surface area contributed by atoms with E-state index in [9.17, 15) is 0 Å². The van der Waals surface area contributed by atoms with Crippen LogP contribution in [0.4, 0.5) is 0 Å². The third-order valence-electron chi connectivity index (χ3n) is 2.18. The second-order valence-corrected chi connectivity index (χ2v) is 3.72. The van der Waals surface area contributed by atoms with Gasteiger partial charge in [0.2, 0.25) is 0 Å².